The molecule has 0 aliphatic carbocycles. The van der Waals surface area contributed by atoms with Gasteiger partial charge >= 0.3 is 6.18 Å². The Morgan fingerprint density at radius 1 is 1.10 bits per heavy atom. The summed E-state index contributed by atoms with van der Waals surface area (Å²) in [7, 11) is 0. The van der Waals surface area contributed by atoms with Crippen LogP contribution in [0.3, 0.4) is 0 Å². The number of hydrogen-bond acceptors (Lipinski definition) is 3. The highest BCUT2D eigenvalue weighted by molar-refractivity contribution is 5.94. The van der Waals surface area contributed by atoms with Gasteiger partial charge in [0.25, 0.3) is 5.91 Å². The molecule has 30 heavy (non-hydrogen) atoms. The zero-order chi connectivity index (χ0) is 21.1. The molecule has 156 valence electrons. The Bertz CT molecular complexity index is 999. The fraction of sp³-hybridized carbons (Fsp3) is 0.273. The van der Waals surface area contributed by atoms with Crippen molar-refractivity contribution >= 4 is 11.7 Å². The quantitative estimate of drug-likeness (QED) is 0.661. The fourth-order valence-corrected chi connectivity index (χ4v) is 3.62. The molecule has 2 N–H and O–H groups in total. The number of benzene rings is 2. The molecule has 2 aromatic carbocycles. The fourth-order valence-electron chi connectivity index (χ4n) is 3.62. The number of halogens is 3. The molecule has 1 aliphatic heterocycles. The molecule has 1 amide bonds. The normalized spacial score (nSPS) is 17.0. The van der Waals surface area contributed by atoms with Crippen LogP contribution in [0.5, 0.6) is 0 Å². The van der Waals surface area contributed by atoms with Gasteiger partial charge in [-0.15, -0.1) is 0 Å². The van der Waals surface area contributed by atoms with Gasteiger partial charge < -0.3 is 10.2 Å². The molecule has 1 aliphatic rings. The van der Waals surface area contributed by atoms with E-state index in [0.717, 1.165) is 48.6 Å². The summed E-state index contributed by atoms with van der Waals surface area (Å²) in [6.07, 6.45) is -2.73. The van der Waals surface area contributed by atoms with Crippen molar-refractivity contribution in [2.75, 3.05) is 18.0 Å². The van der Waals surface area contributed by atoms with Crippen molar-refractivity contribution in [1.82, 2.24) is 15.5 Å². The molecule has 1 unspecified atom stereocenters. The van der Waals surface area contributed by atoms with Gasteiger partial charge in [0.15, 0.2) is 5.82 Å². The van der Waals surface area contributed by atoms with Gasteiger partial charge in [-0.2, -0.15) is 18.3 Å². The number of aromatic nitrogens is 2. The lowest BCUT2D eigenvalue weighted by atomic mass is 10.0. The van der Waals surface area contributed by atoms with E-state index >= 15 is 0 Å². The summed E-state index contributed by atoms with van der Waals surface area (Å²) in [4.78, 5) is 14.6. The van der Waals surface area contributed by atoms with Crippen LogP contribution in [-0.2, 0) is 6.18 Å². The van der Waals surface area contributed by atoms with Crippen LogP contribution < -0.4 is 10.2 Å². The molecule has 1 aromatic heterocycles. The van der Waals surface area contributed by atoms with Crippen LogP contribution in [0, 0.1) is 0 Å². The molecule has 0 bridgehead atoms. The molecule has 1 atom stereocenters. The Balaban J connectivity index is 1.39. The minimum absolute atomic E-state index is 0.106. The number of hydrogen-bond donors (Lipinski definition) is 2. The van der Waals surface area contributed by atoms with Gasteiger partial charge in [0.1, 0.15) is 0 Å². The zero-order valence-corrected chi connectivity index (χ0v) is 16.1. The van der Waals surface area contributed by atoms with Crippen molar-refractivity contribution in [3.63, 3.8) is 0 Å². The lowest BCUT2D eigenvalue weighted by Gasteiger charge is -2.33. The molecule has 0 spiro atoms. The van der Waals surface area contributed by atoms with Gasteiger partial charge in [-0.05, 0) is 42.7 Å². The molecular weight excluding hydrogens is 393 g/mol. The van der Waals surface area contributed by atoms with E-state index < -0.39 is 11.7 Å². The average Bonchev–Trinajstić information content (AvgIpc) is 3.24. The predicted molar refractivity (Wildman–Crippen MR) is 108 cm³/mol. The minimum Gasteiger partial charge on any atom is -0.353 e. The predicted octanol–water partition coefficient (Wildman–Crippen LogP) is 4.49. The first-order valence-electron chi connectivity index (χ1n) is 9.74. The zero-order valence-electron chi connectivity index (χ0n) is 16.1. The van der Waals surface area contributed by atoms with Crippen LogP contribution in [-0.4, -0.2) is 35.2 Å². The number of carbonyl (C=O) groups is 1. The third kappa shape index (κ3) is 4.48. The summed E-state index contributed by atoms with van der Waals surface area (Å²) in [5.41, 5.74) is 1.41. The molecule has 2 heterocycles. The van der Waals surface area contributed by atoms with Crippen molar-refractivity contribution < 1.29 is 18.0 Å². The van der Waals surface area contributed by atoms with Crippen molar-refractivity contribution in [2.24, 2.45) is 0 Å². The maximum atomic E-state index is 12.7. The van der Waals surface area contributed by atoms with Crippen LogP contribution in [0.4, 0.5) is 19.0 Å². The molecular formula is C22H21F3N4O. The Hall–Kier alpha value is -3.29. The van der Waals surface area contributed by atoms with Gasteiger partial charge in [0.2, 0.25) is 0 Å². The maximum Gasteiger partial charge on any atom is 0.416 e. The molecule has 0 radical (unpaired) electrons. The number of piperidine rings is 1. The molecule has 4 rings (SSSR count). The Labute approximate surface area is 171 Å². The Morgan fingerprint density at radius 3 is 2.53 bits per heavy atom. The average molecular weight is 414 g/mol. The first kappa shape index (κ1) is 20.0. The number of H-pyrrole nitrogens is 1. The van der Waals surface area contributed by atoms with E-state index in [0.29, 0.717) is 6.54 Å². The summed E-state index contributed by atoms with van der Waals surface area (Å²) >= 11 is 0. The third-order valence-corrected chi connectivity index (χ3v) is 5.20. The largest absolute Gasteiger partial charge is 0.416 e. The second kappa shape index (κ2) is 8.22. The third-order valence-electron chi connectivity index (χ3n) is 5.20. The lowest BCUT2D eigenvalue weighted by Crippen LogP contribution is -2.48. The smallest absolute Gasteiger partial charge is 0.353 e. The van der Waals surface area contributed by atoms with Crippen LogP contribution >= 0.6 is 0 Å². The first-order valence-corrected chi connectivity index (χ1v) is 9.74. The summed E-state index contributed by atoms with van der Waals surface area (Å²) in [5, 5.41) is 10.4. The summed E-state index contributed by atoms with van der Waals surface area (Å²) < 4.78 is 38.1. The topological polar surface area (TPSA) is 61.0 Å². The van der Waals surface area contributed by atoms with Gasteiger partial charge in [0.05, 0.1) is 11.3 Å². The van der Waals surface area contributed by atoms with E-state index in [-0.39, 0.29) is 17.5 Å². The van der Waals surface area contributed by atoms with Crippen molar-refractivity contribution in [3.8, 4) is 11.3 Å². The van der Waals surface area contributed by atoms with Crippen LogP contribution in [0.15, 0.2) is 60.7 Å². The number of anilines is 1. The monoisotopic (exact) mass is 414 g/mol. The first-order chi connectivity index (χ1) is 14.4. The van der Waals surface area contributed by atoms with E-state index in [4.69, 9.17) is 0 Å². The second-order valence-electron chi connectivity index (χ2n) is 7.34. The van der Waals surface area contributed by atoms with Gasteiger partial charge in [0, 0.05) is 30.8 Å². The Kier molecular flexibility index (Phi) is 5.48. The van der Waals surface area contributed by atoms with E-state index in [1.165, 1.54) is 12.1 Å². The number of aromatic amines is 1. The summed E-state index contributed by atoms with van der Waals surface area (Å²) in [5.74, 6) is 0.435. The lowest BCUT2D eigenvalue weighted by molar-refractivity contribution is -0.137. The highest BCUT2D eigenvalue weighted by atomic mass is 19.4. The van der Waals surface area contributed by atoms with E-state index in [9.17, 15) is 18.0 Å². The second-order valence-corrected chi connectivity index (χ2v) is 7.34. The van der Waals surface area contributed by atoms with E-state index in [1.54, 1.807) is 0 Å². The van der Waals surface area contributed by atoms with Gasteiger partial charge in [-0.1, -0.05) is 30.3 Å². The number of alkyl halides is 3. The number of nitrogens with zero attached hydrogens (tertiary/aromatic N) is 2. The standard InChI is InChI=1S/C22H21F3N4O/c23-22(24,25)17-10-8-16(9-11-17)21(30)26-18-7-4-12-29(14-18)20-13-19(27-28-20)15-5-2-1-3-6-15/h1-3,5-6,8-11,13,18H,4,7,12,14H2,(H,26,30)(H,27,28). The number of amides is 1. The van der Waals surface area contributed by atoms with Crippen molar-refractivity contribution in [3.05, 3.63) is 71.8 Å². The molecule has 5 nitrogen and oxygen atoms in total. The Morgan fingerprint density at radius 2 is 1.83 bits per heavy atom. The van der Waals surface area contributed by atoms with Crippen LogP contribution in [0.2, 0.25) is 0 Å². The molecule has 0 saturated carbocycles. The molecule has 8 heteroatoms. The number of nitrogens with one attached hydrogen (secondary N) is 2. The molecule has 1 fully saturated rings. The summed E-state index contributed by atoms with van der Waals surface area (Å²) in [6, 6.07) is 16.0. The highest BCUT2D eigenvalue weighted by Gasteiger charge is 2.30. The van der Waals surface area contributed by atoms with Crippen LogP contribution in [0.25, 0.3) is 11.3 Å². The molecule has 1 saturated heterocycles. The SMILES string of the molecule is O=C(NC1CCCN(c2cc(-c3ccccc3)[nH]n2)C1)c1ccc(C(F)(F)F)cc1. The van der Waals surface area contributed by atoms with Crippen LogP contribution in [0.1, 0.15) is 28.8 Å². The maximum absolute atomic E-state index is 12.7. The van der Waals surface area contributed by atoms with E-state index in [2.05, 4.69) is 20.4 Å². The number of carbonyl (C=O) groups excluding carboxylic acids is 1. The van der Waals surface area contributed by atoms with E-state index in [1.807, 2.05) is 36.4 Å². The van der Waals surface area contributed by atoms with Crippen molar-refractivity contribution in [1.29, 1.82) is 0 Å². The summed E-state index contributed by atoms with van der Waals surface area (Å²) in [6.45, 7) is 1.41. The van der Waals surface area contributed by atoms with Gasteiger partial charge in [-0.25, -0.2) is 0 Å². The van der Waals surface area contributed by atoms with Gasteiger partial charge in [-0.3, -0.25) is 9.89 Å². The number of rotatable bonds is 4. The molecule has 3 aromatic rings. The van der Waals surface area contributed by atoms with Crippen molar-refractivity contribution in [2.45, 2.75) is 25.1 Å². The minimum atomic E-state index is -4.42. The highest BCUT2D eigenvalue weighted by Crippen LogP contribution is 2.29.